The Bertz CT molecular complexity index is 354. The first-order valence-corrected chi connectivity index (χ1v) is 4.71. The number of rotatable bonds is 2. The second-order valence-corrected chi connectivity index (χ2v) is 4.10. The van der Waals surface area contributed by atoms with Gasteiger partial charge in [0.1, 0.15) is 0 Å². The van der Waals surface area contributed by atoms with Crippen molar-refractivity contribution >= 4 is 22.0 Å². The zero-order valence-electron chi connectivity index (χ0n) is 7.54. The third-order valence-corrected chi connectivity index (χ3v) is 2.55. The first-order valence-electron chi connectivity index (χ1n) is 3.92. The molecule has 0 aliphatic rings. The quantitative estimate of drug-likeness (QED) is 0.577. The van der Waals surface area contributed by atoms with Gasteiger partial charge in [-0.2, -0.15) is 4.99 Å². The smallest absolute Gasteiger partial charge is 0.211 e. The van der Waals surface area contributed by atoms with Gasteiger partial charge >= 0.3 is 0 Å². The lowest BCUT2D eigenvalue weighted by Crippen LogP contribution is -2.13. The van der Waals surface area contributed by atoms with Crippen LogP contribution in [0.5, 0.6) is 0 Å². The Morgan fingerprint density at radius 3 is 2.54 bits per heavy atom. The van der Waals surface area contributed by atoms with Gasteiger partial charge in [-0.1, -0.05) is 34.1 Å². The van der Waals surface area contributed by atoms with E-state index in [0.29, 0.717) is 0 Å². The van der Waals surface area contributed by atoms with Crippen molar-refractivity contribution in [2.24, 2.45) is 4.99 Å². The molecule has 0 bridgehead atoms. The van der Waals surface area contributed by atoms with Crippen LogP contribution >= 0.6 is 15.9 Å². The molecule has 0 spiro atoms. The number of benzene rings is 1. The van der Waals surface area contributed by atoms with E-state index in [1.54, 1.807) is 6.08 Å². The van der Waals surface area contributed by atoms with Crippen molar-refractivity contribution in [2.75, 3.05) is 0 Å². The van der Waals surface area contributed by atoms with Gasteiger partial charge < -0.3 is 0 Å². The van der Waals surface area contributed by atoms with Crippen LogP contribution in [0.2, 0.25) is 0 Å². The predicted octanol–water partition coefficient (Wildman–Crippen LogP) is 3.02. The van der Waals surface area contributed by atoms with Gasteiger partial charge in [0.05, 0.1) is 5.54 Å². The first kappa shape index (κ1) is 10.2. The average molecular weight is 240 g/mol. The highest BCUT2D eigenvalue weighted by atomic mass is 79.9. The number of halogens is 1. The Morgan fingerprint density at radius 1 is 1.38 bits per heavy atom. The molecule has 0 unspecified atom stereocenters. The van der Waals surface area contributed by atoms with Gasteiger partial charge in [-0.3, -0.25) is 0 Å². The van der Waals surface area contributed by atoms with Crippen LogP contribution in [0.25, 0.3) is 0 Å². The van der Waals surface area contributed by atoms with Crippen LogP contribution in [0.15, 0.2) is 33.7 Å². The van der Waals surface area contributed by atoms with Crippen molar-refractivity contribution in [1.82, 2.24) is 0 Å². The largest absolute Gasteiger partial charge is 0.235 e. The Balaban J connectivity index is 3.21. The first-order chi connectivity index (χ1) is 6.08. The fourth-order valence-corrected chi connectivity index (χ4v) is 1.90. The number of nitrogens with zero attached hydrogens (tertiary/aromatic N) is 1. The second kappa shape index (κ2) is 3.86. The second-order valence-electron chi connectivity index (χ2n) is 3.24. The van der Waals surface area contributed by atoms with E-state index in [2.05, 4.69) is 20.9 Å². The summed E-state index contributed by atoms with van der Waals surface area (Å²) in [6, 6.07) is 7.71. The maximum atomic E-state index is 10.2. The van der Waals surface area contributed by atoms with Crippen LogP contribution in [0.4, 0.5) is 0 Å². The van der Waals surface area contributed by atoms with E-state index < -0.39 is 5.54 Å². The molecule has 1 aromatic rings. The van der Waals surface area contributed by atoms with E-state index in [-0.39, 0.29) is 0 Å². The van der Waals surface area contributed by atoms with E-state index in [4.69, 9.17) is 0 Å². The van der Waals surface area contributed by atoms with Gasteiger partial charge in [0.25, 0.3) is 0 Å². The normalized spacial score (nSPS) is 10.7. The number of hydrogen-bond acceptors (Lipinski definition) is 2. The molecule has 0 saturated carbocycles. The van der Waals surface area contributed by atoms with Crippen molar-refractivity contribution in [3.63, 3.8) is 0 Å². The monoisotopic (exact) mass is 239 g/mol. The lowest BCUT2D eigenvalue weighted by atomic mass is 9.95. The minimum Gasteiger partial charge on any atom is -0.211 e. The minimum atomic E-state index is -0.512. The van der Waals surface area contributed by atoms with E-state index in [0.717, 1.165) is 10.0 Å². The number of aliphatic imine (C=N–C) groups is 1. The highest BCUT2D eigenvalue weighted by Crippen LogP contribution is 2.30. The van der Waals surface area contributed by atoms with Crippen LogP contribution in [-0.2, 0) is 10.3 Å². The molecule has 1 rings (SSSR count). The molecule has 0 atom stereocenters. The summed E-state index contributed by atoms with van der Waals surface area (Å²) in [6.45, 7) is 3.75. The molecule has 2 nitrogen and oxygen atoms in total. The number of carbonyl (C=O) groups excluding carboxylic acids is 1. The zero-order chi connectivity index (χ0) is 9.90. The number of hydrogen-bond donors (Lipinski definition) is 0. The summed E-state index contributed by atoms with van der Waals surface area (Å²) < 4.78 is 0.957. The van der Waals surface area contributed by atoms with Crippen molar-refractivity contribution < 1.29 is 4.79 Å². The van der Waals surface area contributed by atoms with Gasteiger partial charge in [0.2, 0.25) is 6.08 Å². The molecular weight excluding hydrogens is 230 g/mol. The summed E-state index contributed by atoms with van der Waals surface area (Å²) in [6.07, 6.45) is 1.59. The Kier molecular flexibility index (Phi) is 3.02. The Hall–Kier alpha value is -0.920. The van der Waals surface area contributed by atoms with Crippen LogP contribution in [0.1, 0.15) is 19.4 Å². The molecule has 0 aromatic heterocycles. The maximum Gasteiger partial charge on any atom is 0.235 e. The lowest BCUT2D eigenvalue weighted by Gasteiger charge is -2.19. The van der Waals surface area contributed by atoms with Crippen molar-refractivity contribution in [3.05, 3.63) is 34.3 Å². The Labute approximate surface area is 85.8 Å². The molecule has 0 aliphatic carbocycles. The molecule has 3 heteroatoms. The molecule has 0 radical (unpaired) electrons. The van der Waals surface area contributed by atoms with E-state index >= 15 is 0 Å². The molecule has 0 aliphatic heterocycles. The van der Waals surface area contributed by atoms with E-state index in [1.807, 2.05) is 38.1 Å². The summed E-state index contributed by atoms with van der Waals surface area (Å²) in [4.78, 5) is 14.0. The summed E-state index contributed by atoms with van der Waals surface area (Å²) in [5, 5.41) is 0. The topological polar surface area (TPSA) is 29.4 Å². The van der Waals surface area contributed by atoms with Crippen molar-refractivity contribution in [3.8, 4) is 0 Å². The van der Waals surface area contributed by atoms with Crippen LogP contribution in [0.3, 0.4) is 0 Å². The molecule has 1 aromatic carbocycles. The van der Waals surface area contributed by atoms with Gasteiger partial charge in [0, 0.05) is 4.47 Å². The van der Waals surface area contributed by atoms with Gasteiger partial charge in [0.15, 0.2) is 0 Å². The average Bonchev–Trinajstić information content (AvgIpc) is 2.04. The van der Waals surface area contributed by atoms with Crippen molar-refractivity contribution in [2.45, 2.75) is 19.4 Å². The third kappa shape index (κ3) is 2.27. The van der Waals surface area contributed by atoms with Crippen LogP contribution < -0.4 is 0 Å². The summed E-state index contributed by atoms with van der Waals surface area (Å²) in [5.74, 6) is 0. The Morgan fingerprint density at radius 2 is 2.00 bits per heavy atom. The molecule has 0 saturated heterocycles. The third-order valence-electron chi connectivity index (χ3n) is 1.86. The standard InChI is InChI=1S/C10H10BrNO/c1-10(2,12-7-13)8-5-3-4-6-9(8)11/h3-6H,1-2H3. The molecule has 13 heavy (non-hydrogen) atoms. The molecule has 0 N–H and O–H groups in total. The summed E-state index contributed by atoms with van der Waals surface area (Å²) >= 11 is 3.41. The van der Waals surface area contributed by atoms with Crippen molar-refractivity contribution in [1.29, 1.82) is 0 Å². The SMILES string of the molecule is CC(C)(N=C=O)c1ccccc1Br. The van der Waals surface area contributed by atoms with Crippen LogP contribution in [-0.4, -0.2) is 6.08 Å². The number of isocyanates is 1. The fourth-order valence-electron chi connectivity index (χ4n) is 1.13. The highest BCUT2D eigenvalue weighted by Gasteiger charge is 2.21. The zero-order valence-corrected chi connectivity index (χ0v) is 9.13. The van der Waals surface area contributed by atoms with Gasteiger partial charge in [-0.05, 0) is 25.5 Å². The lowest BCUT2D eigenvalue weighted by molar-refractivity contribution is 0.521. The fraction of sp³-hybridized carbons (Fsp3) is 0.300. The summed E-state index contributed by atoms with van der Waals surface area (Å²) in [5.41, 5.74) is 0.473. The molecule has 0 fully saturated rings. The molecule has 68 valence electrons. The minimum absolute atomic E-state index is 0.512. The van der Waals surface area contributed by atoms with Gasteiger partial charge in [-0.25, -0.2) is 4.79 Å². The predicted molar refractivity (Wildman–Crippen MR) is 55.3 cm³/mol. The molecular formula is C10H10BrNO. The van der Waals surface area contributed by atoms with E-state index in [9.17, 15) is 4.79 Å². The molecule has 0 heterocycles. The van der Waals surface area contributed by atoms with E-state index in [1.165, 1.54) is 0 Å². The van der Waals surface area contributed by atoms with Gasteiger partial charge in [-0.15, -0.1) is 0 Å². The van der Waals surface area contributed by atoms with Crippen LogP contribution in [0, 0.1) is 0 Å². The maximum absolute atomic E-state index is 10.2. The summed E-state index contributed by atoms with van der Waals surface area (Å²) in [7, 11) is 0. The molecule has 0 amide bonds. The highest BCUT2D eigenvalue weighted by molar-refractivity contribution is 9.10.